The molecule has 0 spiro atoms. The second kappa shape index (κ2) is 7.46. The Morgan fingerprint density at radius 3 is 2.37 bits per heavy atom. The van der Waals surface area contributed by atoms with Gasteiger partial charge in [0.1, 0.15) is 26.2 Å². The standard InChI is InChI=1S/C19H18Cl2N4O2/c20-13-9-14(21)11-15(10-13)25-18(26)12-16(19(25)27)23-5-7-24(8-6-23)17-3-1-2-4-22-17/h1-4,9-11,16H,5-8,12H2/p+2/t16-/m0/s1. The molecule has 3 heterocycles. The highest BCUT2D eigenvalue weighted by atomic mass is 35.5. The Balaban J connectivity index is 1.46. The molecule has 6 nitrogen and oxygen atoms in total. The largest absolute Gasteiger partial charge is 0.318 e. The first kappa shape index (κ1) is 18.2. The lowest BCUT2D eigenvalue weighted by Crippen LogP contribution is -3.19. The van der Waals surface area contributed by atoms with Gasteiger partial charge in [-0.25, -0.2) is 9.88 Å². The van der Waals surface area contributed by atoms with E-state index in [1.54, 1.807) is 18.2 Å². The predicted molar refractivity (Wildman–Crippen MR) is 103 cm³/mol. The van der Waals surface area contributed by atoms with Gasteiger partial charge in [-0.3, -0.25) is 14.5 Å². The maximum absolute atomic E-state index is 13.0. The second-order valence-corrected chi connectivity index (χ2v) is 7.72. The Morgan fingerprint density at radius 1 is 1.04 bits per heavy atom. The molecule has 2 aliphatic heterocycles. The van der Waals surface area contributed by atoms with Gasteiger partial charge in [0, 0.05) is 16.1 Å². The molecule has 8 heteroatoms. The van der Waals surface area contributed by atoms with Gasteiger partial charge in [-0.05, 0) is 24.3 Å². The molecule has 1 atom stereocenters. The van der Waals surface area contributed by atoms with Gasteiger partial charge in [0.15, 0.2) is 6.04 Å². The summed E-state index contributed by atoms with van der Waals surface area (Å²) in [5.74, 6) is 0.697. The molecule has 2 fully saturated rings. The molecule has 0 radical (unpaired) electrons. The molecule has 1 aromatic heterocycles. The van der Waals surface area contributed by atoms with Gasteiger partial charge in [-0.15, -0.1) is 0 Å². The zero-order chi connectivity index (χ0) is 19.0. The third-order valence-electron chi connectivity index (χ3n) is 5.18. The Bertz CT molecular complexity index is 849. The number of pyridine rings is 1. The number of imide groups is 1. The Kier molecular flexibility index (Phi) is 5.04. The lowest BCUT2D eigenvalue weighted by Gasteiger charge is -2.31. The lowest BCUT2D eigenvalue weighted by atomic mass is 10.1. The zero-order valence-electron chi connectivity index (χ0n) is 14.6. The first-order valence-electron chi connectivity index (χ1n) is 8.92. The fourth-order valence-electron chi connectivity index (χ4n) is 3.85. The summed E-state index contributed by atoms with van der Waals surface area (Å²) in [7, 11) is 0. The Morgan fingerprint density at radius 2 is 1.74 bits per heavy atom. The average molecular weight is 407 g/mol. The van der Waals surface area contributed by atoms with E-state index in [0.29, 0.717) is 15.7 Å². The molecule has 2 N–H and O–H groups in total. The number of carbonyl (C=O) groups excluding carboxylic acids is 2. The van der Waals surface area contributed by atoms with E-state index in [4.69, 9.17) is 23.2 Å². The highest BCUT2D eigenvalue weighted by molar-refractivity contribution is 6.35. The zero-order valence-corrected chi connectivity index (χ0v) is 16.1. The number of rotatable bonds is 3. The maximum Gasteiger partial charge on any atom is 0.292 e. The molecule has 1 aromatic carbocycles. The first-order valence-corrected chi connectivity index (χ1v) is 9.67. The van der Waals surface area contributed by atoms with E-state index < -0.39 is 0 Å². The fraction of sp³-hybridized carbons (Fsp3) is 0.316. The molecular formula is C19H20Cl2N4O2+2. The molecule has 0 unspecified atom stereocenters. The molecule has 2 saturated heterocycles. The van der Waals surface area contributed by atoms with E-state index in [9.17, 15) is 9.59 Å². The van der Waals surface area contributed by atoms with Crippen LogP contribution >= 0.6 is 23.2 Å². The van der Waals surface area contributed by atoms with Gasteiger partial charge in [-0.2, -0.15) is 0 Å². The summed E-state index contributed by atoms with van der Waals surface area (Å²) in [4.78, 5) is 33.4. The molecule has 27 heavy (non-hydrogen) atoms. The average Bonchev–Trinajstić information content (AvgIpc) is 2.96. The molecule has 2 aromatic rings. The summed E-state index contributed by atoms with van der Waals surface area (Å²) in [6.45, 7) is 3.26. The molecule has 0 saturated carbocycles. The van der Waals surface area contributed by atoms with Crippen LogP contribution in [0.3, 0.4) is 0 Å². The summed E-state index contributed by atoms with van der Waals surface area (Å²) in [5, 5.41) is 0.809. The van der Waals surface area contributed by atoms with E-state index >= 15 is 0 Å². The van der Waals surface area contributed by atoms with Crippen LogP contribution < -0.4 is 19.7 Å². The molecule has 0 aliphatic carbocycles. The highest BCUT2D eigenvalue weighted by Crippen LogP contribution is 2.28. The van der Waals surface area contributed by atoms with E-state index in [-0.39, 0.29) is 24.3 Å². The first-order chi connectivity index (χ1) is 13.0. The molecule has 2 aliphatic rings. The van der Waals surface area contributed by atoms with E-state index in [1.165, 1.54) is 4.90 Å². The Labute approximate surface area is 167 Å². The number of nitrogens with zero attached hydrogens (tertiary/aromatic N) is 2. The van der Waals surface area contributed by atoms with Gasteiger partial charge < -0.3 is 4.90 Å². The van der Waals surface area contributed by atoms with Crippen LogP contribution in [-0.2, 0) is 9.59 Å². The third-order valence-corrected chi connectivity index (χ3v) is 5.62. The normalized spacial score (nSPS) is 21.2. The van der Waals surface area contributed by atoms with Crippen molar-refractivity contribution in [3.8, 4) is 0 Å². The van der Waals surface area contributed by atoms with Crippen LogP contribution in [0.2, 0.25) is 10.0 Å². The highest BCUT2D eigenvalue weighted by Gasteiger charge is 2.47. The molecular weight excluding hydrogens is 387 g/mol. The number of H-pyrrole nitrogens is 1. The van der Waals surface area contributed by atoms with Crippen molar-refractivity contribution in [3.63, 3.8) is 0 Å². The van der Waals surface area contributed by atoms with Crippen molar-refractivity contribution >= 4 is 46.5 Å². The minimum Gasteiger partial charge on any atom is -0.318 e. The van der Waals surface area contributed by atoms with Crippen LogP contribution in [0.1, 0.15) is 6.42 Å². The second-order valence-electron chi connectivity index (χ2n) is 6.84. The smallest absolute Gasteiger partial charge is 0.292 e. The van der Waals surface area contributed by atoms with Gasteiger partial charge >= 0.3 is 0 Å². The summed E-state index contributed by atoms with van der Waals surface area (Å²) in [5.41, 5.74) is 0.446. The van der Waals surface area contributed by atoms with E-state index in [2.05, 4.69) is 9.88 Å². The summed E-state index contributed by atoms with van der Waals surface area (Å²) < 4.78 is 0. The third kappa shape index (κ3) is 3.65. The number of hydrogen-bond acceptors (Lipinski definition) is 3. The topological polar surface area (TPSA) is 59.2 Å². The van der Waals surface area contributed by atoms with Gasteiger partial charge in [0.2, 0.25) is 5.91 Å². The summed E-state index contributed by atoms with van der Waals surface area (Å²) >= 11 is 12.1. The van der Waals surface area contributed by atoms with Crippen LogP contribution in [0.4, 0.5) is 11.5 Å². The number of aromatic nitrogens is 1. The van der Waals surface area contributed by atoms with Crippen molar-refractivity contribution in [1.82, 2.24) is 0 Å². The Hall–Kier alpha value is -2.15. The van der Waals surface area contributed by atoms with Crippen molar-refractivity contribution in [1.29, 1.82) is 0 Å². The van der Waals surface area contributed by atoms with Crippen molar-refractivity contribution in [2.24, 2.45) is 0 Å². The monoisotopic (exact) mass is 406 g/mol. The molecule has 4 rings (SSSR count). The van der Waals surface area contributed by atoms with Crippen molar-refractivity contribution < 1.29 is 19.5 Å². The number of amides is 2. The minimum absolute atomic E-state index is 0.173. The number of anilines is 2. The summed E-state index contributed by atoms with van der Waals surface area (Å²) in [6.07, 6.45) is 2.12. The van der Waals surface area contributed by atoms with Gasteiger partial charge in [0.25, 0.3) is 11.7 Å². The van der Waals surface area contributed by atoms with Crippen molar-refractivity contribution in [3.05, 3.63) is 52.6 Å². The van der Waals surface area contributed by atoms with Gasteiger partial charge in [-0.1, -0.05) is 29.3 Å². The van der Waals surface area contributed by atoms with Crippen molar-refractivity contribution in [2.75, 3.05) is 36.0 Å². The van der Waals surface area contributed by atoms with Crippen LogP contribution in [0.15, 0.2) is 42.6 Å². The SMILES string of the molecule is O=C1C[C@H]([NH+]2CCN(c3cccc[nH+]3)CC2)C(=O)N1c1cc(Cl)cc(Cl)c1. The number of hydrogen-bond donors (Lipinski definition) is 1. The quantitative estimate of drug-likeness (QED) is 0.768. The van der Waals surface area contributed by atoms with Crippen LogP contribution in [-0.4, -0.2) is 44.0 Å². The molecule has 140 valence electrons. The van der Waals surface area contributed by atoms with Gasteiger partial charge in [0.05, 0.1) is 18.3 Å². The predicted octanol–water partition coefficient (Wildman–Crippen LogP) is 0.845. The maximum atomic E-state index is 13.0. The number of nitrogens with one attached hydrogen (secondary N) is 2. The summed E-state index contributed by atoms with van der Waals surface area (Å²) in [6, 6.07) is 10.4. The number of piperazine rings is 1. The number of carbonyl (C=O) groups is 2. The van der Waals surface area contributed by atoms with Crippen LogP contribution in [0.5, 0.6) is 0 Å². The lowest BCUT2D eigenvalue weighted by molar-refractivity contribution is -0.915. The molecule has 2 amide bonds. The van der Waals surface area contributed by atoms with Crippen LogP contribution in [0.25, 0.3) is 0 Å². The number of quaternary nitrogens is 1. The minimum atomic E-state index is -0.350. The number of halogens is 2. The molecule has 0 bridgehead atoms. The van der Waals surface area contributed by atoms with E-state index in [0.717, 1.165) is 36.9 Å². The van der Waals surface area contributed by atoms with E-state index in [1.807, 2.05) is 24.4 Å². The fourth-order valence-corrected chi connectivity index (χ4v) is 4.37. The van der Waals surface area contributed by atoms with Crippen LogP contribution in [0, 0.1) is 0 Å². The number of benzene rings is 1. The number of aromatic amines is 1. The van der Waals surface area contributed by atoms with Crippen molar-refractivity contribution in [2.45, 2.75) is 12.5 Å².